The first kappa shape index (κ1) is 13.2. The third-order valence-electron chi connectivity index (χ3n) is 3.23. The van der Waals surface area contributed by atoms with E-state index >= 15 is 0 Å². The number of hydrogen-bond donors (Lipinski definition) is 2. The van der Waals surface area contributed by atoms with Crippen LogP contribution >= 0.6 is 12.6 Å². The van der Waals surface area contributed by atoms with Crippen molar-refractivity contribution in [3.63, 3.8) is 0 Å². The topological polar surface area (TPSA) is 64.0 Å². The highest BCUT2D eigenvalue weighted by Gasteiger charge is 2.12. The van der Waals surface area contributed by atoms with Crippen LogP contribution in [0.1, 0.15) is 11.1 Å². The molecule has 96 valence electrons. The maximum Gasteiger partial charge on any atom is 0.0418 e. The van der Waals surface area contributed by atoms with Gasteiger partial charge in [-0.15, -0.1) is 12.6 Å². The molecule has 1 fully saturated rings. The molecule has 0 amide bonds. The summed E-state index contributed by atoms with van der Waals surface area (Å²) >= 11 is 4.37. The average molecular weight is 263 g/mol. The van der Waals surface area contributed by atoms with Gasteiger partial charge in [0.25, 0.3) is 0 Å². The van der Waals surface area contributed by atoms with E-state index in [1.54, 1.807) is 6.07 Å². The van der Waals surface area contributed by atoms with Gasteiger partial charge < -0.3 is 5.32 Å². The number of rotatable bonds is 3. The summed E-state index contributed by atoms with van der Waals surface area (Å²) < 4.78 is 0. The molecule has 6 heteroatoms. The van der Waals surface area contributed by atoms with Crippen LogP contribution in [0.2, 0.25) is 0 Å². The lowest BCUT2D eigenvalue weighted by Crippen LogP contribution is -2.43. The highest BCUT2D eigenvalue weighted by Crippen LogP contribution is 2.27. The van der Waals surface area contributed by atoms with Crippen LogP contribution in [0.3, 0.4) is 0 Å². The maximum atomic E-state index is 8.56. The molecule has 0 bridgehead atoms. The number of benzene rings is 1. The summed E-state index contributed by atoms with van der Waals surface area (Å²) in [6.07, 6.45) is 0. The Morgan fingerprint density at radius 3 is 2.83 bits per heavy atom. The molecular formula is C12H17N5S. The normalized spacial score (nSPS) is 16.3. The molecule has 1 aliphatic heterocycles. The van der Waals surface area contributed by atoms with Crippen molar-refractivity contribution >= 4 is 18.3 Å². The molecular weight excluding hydrogens is 246 g/mol. The van der Waals surface area contributed by atoms with Crippen LogP contribution in [0, 0.1) is 6.92 Å². The molecule has 0 radical (unpaired) electrons. The summed E-state index contributed by atoms with van der Waals surface area (Å²) in [6, 6.07) is 3.86. The largest absolute Gasteiger partial charge is 0.314 e. The Morgan fingerprint density at radius 2 is 2.17 bits per heavy atom. The van der Waals surface area contributed by atoms with Gasteiger partial charge in [0.2, 0.25) is 0 Å². The second-order valence-electron chi connectivity index (χ2n) is 4.46. The lowest BCUT2D eigenvalue weighted by molar-refractivity contribution is 0.232. The second kappa shape index (κ2) is 6.11. The third-order valence-corrected chi connectivity index (χ3v) is 3.49. The number of nitrogens with zero attached hydrogens (tertiary/aromatic N) is 4. The lowest BCUT2D eigenvalue weighted by atomic mass is 10.1. The molecule has 2 rings (SSSR count). The predicted molar refractivity (Wildman–Crippen MR) is 75.4 cm³/mol. The number of azide groups is 1. The van der Waals surface area contributed by atoms with E-state index in [4.69, 9.17) is 5.53 Å². The van der Waals surface area contributed by atoms with Gasteiger partial charge >= 0.3 is 0 Å². The van der Waals surface area contributed by atoms with Gasteiger partial charge in [-0.1, -0.05) is 5.11 Å². The molecule has 18 heavy (non-hydrogen) atoms. The minimum atomic E-state index is 0.676. The summed E-state index contributed by atoms with van der Waals surface area (Å²) in [4.78, 5) is 6.10. The average Bonchev–Trinajstić information content (AvgIpc) is 2.36. The molecule has 0 unspecified atom stereocenters. The molecule has 1 saturated heterocycles. The first-order valence-electron chi connectivity index (χ1n) is 6.01. The number of nitrogens with one attached hydrogen (secondary N) is 1. The van der Waals surface area contributed by atoms with E-state index in [0.29, 0.717) is 5.69 Å². The third kappa shape index (κ3) is 3.17. The number of piperazine rings is 1. The molecule has 0 aliphatic carbocycles. The van der Waals surface area contributed by atoms with Gasteiger partial charge in [0, 0.05) is 48.2 Å². The van der Waals surface area contributed by atoms with Gasteiger partial charge in [-0.05, 0) is 35.7 Å². The van der Waals surface area contributed by atoms with Crippen molar-refractivity contribution in [1.82, 2.24) is 10.2 Å². The quantitative estimate of drug-likeness (QED) is 0.381. The van der Waals surface area contributed by atoms with E-state index in [9.17, 15) is 0 Å². The number of hydrogen-bond acceptors (Lipinski definition) is 4. The predicted octanol–water partition coefficient (Wildman–Crippen LogP) is 2.63. The molecule has 1 heterocycles. The summed E-state index contributed by atoms with van der Waals surface area (Å²) in [5, 5.41) is 7.06. The van der Waals surface area contributed by atoms with E-state index in [2.05, 4.69) is 38.9 Å². The zero-order valence-electron chi connectivity index (χ0n) is 10.4. The molecule has 0 atom stereocenters. The fraction of sp³-hybridized carbons (Fsp3) is 0.500. The summed E-state index contributed by atoms with van der Waals surface area (Å²) in [5.74, 6) is 0. The minimum absolute atomic E-state index is 0.676. The smallest absolute Gasteiger partial charge is 0.0418 e. The first-order chi connectivity index (χ1) is 8.70. The van der Waals surface area contributed by atoms with Gasteiger partial charge in [0.1, 0.15) is 0 Å². The van der Waals surface area contributed by atoms with Crippen molar-refractivity contribution in [1.29, 1.82) is 0 Å². The van der Waals surface area contributed by atoms with Crippen LogP contribution in [-0.2, 0) is 6.54 Å². The van der Waals surface area contributed by atoms with Crippen LogP contribution < -0.4 is 5.32 Å². The fourth-order valence-electron chi connectivity index (χ4n) is 2.17. The molecule has 0 spiro atoms. The fourth-order valence-corrected chi connectivity index (χ4v) is 2.45. The summed E-state index contributed by atoms with van der Waals surface area (Å²) in [7, 11) is 0. The maximum absolute atomic E-state index is 8.56. The number of thiol groups is 1. The molecule has 0 saturated carbocycles. The second-order valence-corrected chi connectivity index (χ2v) is 4.98. The Bertz CT molecular complexity index is 476. The zero-order valence-corrected chi connectivity index (χ0v) is 11.3. The molecule has 5 nitrogen and oxygen atoms in total. The van der Waals surface area contributed by atoms with E-state index in [0.717, 1.165) is 43.2 Å². The van der Waals surface area contributed by atoms with Crippen molar-refractivity contribution in [2.75, 3.05) is 26.2 Å². The Balaban J connectivity index is 2.23. The lowest BCUT2D eigenvalue weighted by Gasteiger charge is -2.28. The van der Waals surface area contributed by atoms with E-state index < -0.39 is 0 Å². The van der Waals surface area contributed by atoms with E-state index in [1.807, 2.05) is 6.92 Å². The van der Waals surface area contributed by atoms with Gasteiger partial charge in [-0.3, -0.25) is 4.90 Å². The van der Waals surface area contributed by atoms with Gasteiger partial charge in [0.05, 0.1) is 0 Å². The Kier molecular flexibility index (Phi) is 4.49. The first-order valence-corrected chi connectivity index (χ1v) is 6.46. The van der Waals surface area contributed by atoms with Gasteiger partial charge in [-0.25, -0.2) is 0 Å². The van der Waals surface area contributed by atoms with Crippen LogP contribution in [0.4, 0.5) is 5.69 Å². The van der Waals surface area contributed by atoms with E-state index in [1.165, 1.54) is 5.56 Å². The van der Waals surface area contributed by atoms with Crippen molar-refractivity contribution in [2.24, 2.45) is 5.11 Å². The minimum Gasteiger partial charge on any atom is -0.314 e. The summed E-state index contributed by atoms with van der Waals surface area (Å²) in [5.41, 5.74) is 11.5. The Labute approximate surface area is 112 Å². The van der Waals surface area contributed by atoms with Crippen LogP contribution in [0.5, 0.6) is 0 Å². The monoisotopic (exact) mass is 263 g/mol. The zero-order chi connectivity index (χ0) is 13.0. The highest BCUT2D eigenvalue weighted by molar-refractivity contribution is 7.80. The van der Waals surface area contributed by atoms with Crippen molar-refractivity contribution < 1.29 is 0 Å². The SMILES string of the molecule is Cc1c(CN2CCNCC2)cc(S)cc1N=[N+]=[N-]. The van der Waals surface area contributed by atoms with Crippen molar-refractivity contribution in [3.8, 4) is 0 Å². The van der Waals surface area contributed by atoms with Crippen LogP contribution in [0.15, 0.2) is 22.1 Å². The molecule has 1 aromatic carbocycles. The highest BCUT2D eigenvalue weighted by atomic mass is 32.1. The van der Waals surface area contributed by atoms with Gasteiger partial charge in [-0.2, -0.15) is 0 Å². The van der Waals surface area contributed by atoms with Crippen molar-refractivity contribution in [2.45, 2.75) is 18.4 Å². The standard InChI is InChI=1S/C12H17N5S/c1-9-10(8-17-4-2-14-3-5-17)6-11(18)7-12(9)15-16-13/h6-7,14,18H,2-5,8H2,1H3. The molecule has 1 N–H and O–H groups in total. The Morgan fingerprint density at radius 1 is 1.44 bits per heavy atom. The molecule has 0 aromatic heterocycles. The van der Waals surface area contributed by atoms with Crippen LogP contribution in [0.25, 0.3) is 10.4 Å². The van der Waals surface area contributed by atoms with Gasteiger partial charge in [0.15, 0.2) is 0 Å². The van der Waals surface area contributed by atoms with Crippen LogP contribution in [-0.4, -0.2) is 31.1 Å². The van der Waals surface area contributed by atoms with E-state index in [-0.39, 0.29) is 0 Å². The Hall–Kier alpha value is -1.20. The summed E-state index contributed by atoms with van der Waals surface area (Å²) in [6.45, 7) is 7.04. The molecule has 1 aromatic rings. The van der Waals surface area contributed by atoms with Crippen molar-refractivity contribution in [3.05, 3.63) is 33.7 Å². The molecule has 1 aliphatic rings.